The number of nitrogen functional groups attached to an aromatic ring is 1. The molecular formula is C18H29N3O2. The highest BCUT2D eigenvalue weighted by Crippen LogP contribution is 2.18. The number of carbonyl (C=O) groups excluding carboxylic acids is 1. The first-order chi connectivity index (χ1) is 10.9. The Hall–Kier alpha value is -1.59. The van der Waals surface area contributed by atoms with Gasteiger partial charge in [0.25, 0.3) is 0 Å². The first kappa shape index (κ1) is 17.8. The number of rotatable bonds is 5. The zero-order chi connectivity index (χ0) is 16.9. The van der Waals surface area contributed by atoms with E-state index in [0.717, 1.165) is 44.6 Å². The van der Waals surface area contributed by atoms with Gasteiger partial charge in [-0.25, -0.2) is 4.79 Å². The Morgan fingerprint density at radius 2 is 1.96 bits per heavy atom. The maximum absolute atomic E-state index is 11.9. The fourth-order valence-corrected chi connectivity index (χ4v) is 2.58. The van der Waals surface area contributed by atoms with E-state index in [2.05, 4.69) is 11.4 Å². The first-order valence-electron chi connectivity index (χ1n) is 8.40. The van der Waals surface area contributed by atoms with Gasteiger partial charge >= 0.3 is 5.97 Å². The summed E-state index contributed by atoms with van der Waals surface area (Å²) < 4.78 is 0. The lowest BCUT2D eigenvalue weighted by atomic mass is 9.98. The molecule has 1 fully saturated rings. The Kier molecular flexibility index (Phi) is 6.02. The van der Waals surface area contributed by atoms with E-state index in [9.17, 15) is 4.79 Å². The minimum Gasteiger partial charge on any atom is -0.399 e. The summed E-state index contributed by atoms with van der Waals surface area (Å²) in [5, 5.41) is 5.37. The van der Waals surface area contributed by atoms with Gasteiger partial charge in [0.05, 0.1) is 5.41 Å². The van der Waals surface area contributed by atoms with Crippen molar-refractivity contribution in [2.75, 3.05) is 25.4 Å². The molecule has 0 aliphatic carbocycles. The minimum absolute atomic E-state index is 0.163. The molecule has 23 heavy (non-hydrogen) atoms. The molecule has 0 atom stereocenters. The van der Waals surface area contributed by atoms with E-state index in [1.165, 1.54) is 5.56 Å². The summed E-state index contributed by atoms with van der Waals surface area (Å²) in [5.74, 6) is -0.163. The number of anilines is 1. The maximum atomic E-state index is 11.9. The molecule has 0 saturated carbocycles. The molecule has 1 heterocycles. The van der Waals surface area contributed by atoms with Crippen LogP contribution in [0.3, 0.4) is 0 Å². The molecule has 128 valence electrons. The van der Waals surface area contributed by atoms with E-state index in [4.69, 9.17) is 10.6 Å². The maximum Gasteiger partial charge on any atom is 0.330 e. The summed E-state index contributed by atoms with van der Waals surface area (Å²) in [7, 11) is 0. The smallest absolute Gasteiger partial charge is 0.330 e. The van der Waals surface area contributed by atoms with Gasteiger partial charge in [0, 0.05) is 24.8 Å². The van der Waals surface area contributed by atoms with Crippen molar-refractivity contribution in [3.05, 3.63) is 29.8 Å². The van der Waals surface area contributed by atoms with E-state index in [-0.39, 0.29) is 5.97 Å². The van der Waals surface area contributed by atoms with E-state index in [0.29, 0.717) is 6.04 Å². The standard InChI is InChI=1S/C18H29N3O2/c1-18(2,3)17(22)23-21-12-9-15(10-13-21)20-11-8-14-6-4-5-7-16(14)19/h4-7,15,20H,8-13,19H2,1-3H3. The predicted molar refractivity (Wildman–Crippen MR) is 92.7 cm³/mol. The van der Waals surface area contributed by atoms with Crippen LogP contribution in [0.1, 0.15) is 39.2 Å². The number of nitrogens with one attached hydrogen (secondary N) is 1. The summed E-state index contributed by atoms with van der Waals surface area (Å²) in [6, 6.07) is 8.47. The average molecular weight is 319 g/mol. The number of para-hydroxylation sites is 1. The third-order valence-corrected chi connectivity index (χ3v) is 4.16. The Labute approximate surface area is 139 Å². The largest absolute Gasteiger partial charge is 0.399 e. The van der Waals surface area contributed by atoms with Gasteiger partial charge < -0.3 is 15.9 Å². The highest BCUT2D eigenvalue weighted by Gasteiger charge is 2.28. The topological polar surface area (TPSA) is 67.6 Å². The SMILES string of the molecule is CC(C)(C)C(=O)ON1CCC(NCCc2ccccc2N)CC1. The molecule has 5 nitrogen and oxygen atoms in total. The highest BCUT2D eigenvalue weighted by molar-refractivity contribution is 5.75. The van der Waals surface area contributed by atoms with Crippen molar-refractivity contribution >= 4 is 11.7 Å². The second-order valence-corrected chi connectivity index (χ2v) is 7.23. The van der Waals surface area contributed by atoms with Crippen molar-refractivity contribution < 1.29 is 9.63 Å². The third-order valence-electron chi connectivity index (χ3n) is 4.16. The average Bonchev–Trinajstić information content (AvgIpc) is 2.50. The molecule has 0 radical (unpaired) electrons. The van der Waals surface area contributed by atoms with Crippen LogP contribution >= 0.6 is 0 Å². The van der Waals surface area contributed by atoms with E-state index < -0.39 is 5.41 Å². The van der Waals surface area contributed by atoms with Gasteiger partial charge in [-0.15, -0.1) is 5.06 Å². The van der Waals surface area contributed by atoms with E-state index >= 15 is 0 Å². The summed E-state index contributed by atoms with van der Waals surface area (Å²) in [4.78, 5) is 17.3. The van der Waals surface area contributed by atoms with Crippen LogP contribution in [0.5, 0.6) is 0 Å². The molecule has 0 unspecified atom stereocenters. The zero-order valence-corrected chi connectivity index (χ0v) is 14.5. The van der Waals surface area contributed by atoms with Crippen LogP contribution in [0, 0.1) is 5.41 Å². The van der Waals surface area contributed by atoms with Crippen molar-refractivity contribution in [2.45, 2.75) is 46.1 Å². The molecule has 1 aliphatic heterocycles. The quantitative estimate of drug-likeness (QED) is 0.816. The minimum atomic E-state index is -0.454. The summed E-state index contributed by atoms with van der Waals surface area (Å²) in [5.41, 5.74) is 7.55. The third kappa shape index (κ3) is 5.52. The van der Waals surface area contributed by atoms with Crippen LogP contribution in [0.15, 0.2) is 24.3 Å². The van der Waals surface area contributed by atoms with Crippen LogP contribution in [-0.4, -0.2) is 36.7 Å². The van der Waals surface area contributed by atoms with Crippen LogP contribution < -0.4 is 11.1 Å². The second-order valence-electron chi connectivity index (χ2n) is 7.23. The fraction of sp³-hybridized carbons (Fsp3) is 0.611. The molecular weight excluding hydrogens is 290 g/mol. The Morgan fingerprint density at radius 1 is 1.30 bits per heavy atom. The molecule has 1 aliphatic rings. The molecule has 1 saturated heterocycles. The Morgan fingerprint density at radius 3 is 2.57 bits per heavy atom. The molecule has 5 heteroatoms. The van der Waals surface area contributed by atoms with Crippen molar-refractivity contribution in [1.29, 1.82) is 0 Å². The van der Waals surface area contributed by atoms with E-state index in [1.807, 2.05) is 39.0 Å². The lowest BCUT2D eigenvalue weighted by Gasteiger charge is -2.32. The Balaban J connectivity index is 1.67. The number of hydrogen-bond donors (Lipinski definition) is 2. The molecule has 0 aromatic heterocycles. The van der Waals surface area contributed by atoms with Gasteiger partial charge in [-0.3, -0.25) is 0 Å². The van der Waals surface area contributed by atoms with Gasteiger partial charge in [-0.1, -0.05) is 18.2 Å². The van der Waals surface area contributed by atoms with Crippen LogP contribution in [0.2, 0.25) is 0 Å². The Bertz CT molecular complexity index is 517. The summed E-state index contributed by atoms with van der Waals surface area (Å²) in [6.07, 6.45) is 2.91. The lowest BCUT2D eigenvalue weighted by Crippen LogP contribution is -2.44. The summed E-state index contributed by atoms with van der Waals surface area (Å²) >= 11 is 0. The number of piperidine rings is 1. The second kappa shape index (κ2) is 7.79. The fourth-order valence-electron chi connectivity index (χ4n) is 2.58. The highest BCUT2D eigenvalue weighted by atomic mass is 16.7. The zero-order valence-electron chi connectivity index (χ0n) is 14.5. The molecule has 0 bridgehead atoms. The number of benzene rings is 1. The molecule has 0 spiro atoms. The number of hydrogen-bond acceptors (Lipinski definition) is 5. The van der Waals surface area contributed by atoms with Gasteiger partial charge in [0.15, 0.2) is 0 Å². The normalized spacial score (nSPS) is 17.2. The lowest BCUT2D eigenvalue weighted by molar-refractivity contribution is -0.204. The molecule has 3 N–H and O–H groups in total. The first-order valence-corrected chi connectivity index (χ1v) is 8.40. The molecule has 1 aromatic carbocycles. The monoisotopic (exact) mass is 319 g/mol. The van der Waals surface area contributed by atoms with Crippen molar-refractivity contribution in [1.82, 2.24) is 10.4 Å². The van der Waals surface area contributed by atoms with Gasteiger partial charge in [0.1, 0.15) is 0 Å². The van der Waals surface area contributed by atoms with Crippen LogP contribution in [0.25, 0.3) is 0 Å². The molecule has 1 aromatic rings. The van der Waals surface area contributed by atoms with Gasteiger partial charge in [-0.05, 0) is 58.2 Å². The molecule has 0 amide bonds. The van der Waals surface area contributed by atoms with Gasteiger partial charge in [-0.2, -0.15) is 0 Å². The predicted octanol–water partition coefficient (Wildman–Crippen LogP) is 2.37. The van der Waals surface area contributed by atoms with Crippen molar-refractivity contribution in [3.8, 4) is 0 Å². The number of nitrogens with zero attached hydrogens (tertiary/aromatic N) is 1. The van der Waals surface area contributed by atoms with E-state index in [1.54, 1.807) is 5.06 Å². The van der Waals surface area contributed by atoms with Gasteiger partial charge in [0.2, 0.25) is 0 Å². The number of carbonyl (C=O) groups is 1. The summed E-state index contributed by atoms with van der Waals surface area (Å²) in [6.45, 7) is 8.11. The van der Waals surface area contributed by atoms with Crippen molar-refractivity contribution in [3.63, 3.8) is 0 Å². The molecule has 2 rings (SSSR count). The van der Waals surface area contributed by atoms with Crippen molar-refractivity contribution in [2.24, 2.45) is 5.41 Å². The van der Waals surface area contributed by atoms with Crippen LogP contribution in [-0.2, 0) is 16.1 Å². The number of hydroxylamine groups is 2. The number of nitrogens with two attached hydrogens (primary N) is 1. The van der Waals surface area contributed by atoms with Crippen LogP contribution in [0.4, 0.5) is 5.69 Å².